The maximum Gasteiger partial charge on any atom is 0.120 e. The van der Waals surface area contributed by atoms with Crippen LogP contribution in [0.4, 0.5) is 0 Å². The van der Waals surface area contributed by atoms with E-state index in [9.17, 15) is 0 Å². The number of ether oxygens (including phenoxy) is 1. The van der Waals surface area contributed by atoms with E-state index in [2.05, 4.69) is 84.2 Å². The van der Waals surface area contributed by atoms with Crippen molar-refractivity contribution in [1.82, 2.24) is 5.32 Å². The lowest BCUT2D eigenvalue weighted by Gasteiger charge is -2.29. The molecule has 2 heterocycles. The Morgan fingerprint density at radius 1 is 0.630 bits per heavy atom. The van der Waals surface area contributed by atoms with Gasteiger partial charge >= 0.3 is 0 Å². The van der Waals surface area contributed by atoms with E-state index in [1.54, 1.807) is 0 Å². The third kappa shape index (κ3) is 3.63. The van der Waals surface area contributed by atoms with Crippen molar-refractivity contribution >= 4 is 0 Å². The summed E-state index contributed by atoms with van der Waals surface area (Å²) in [6.45, 7) is 0. The van der Waals surface area contributed by atoms with Crippen molar-refractivity contribution in [1.29, 1.82) is 0 Å². The van der Waals surface area contributed by atoms with E-state index in [-0.39, 0.29) is 0 Å². The molecule has 1 N–H and O–H groups in total. The Kier molecular flexibility index (Phi) is 4.43. The third-order valence-corrected chi connectivity index (χ3v) is 5.85. The fourth-order valence-electron chi connectivity index (χ4n) is 4.56. The van der Waals surface area contributed by atoms with Crippen LogP contribution in [-0.4, -0.2) is 18.2 Å². The van der Waals surface area contributed by atoms with Crippen molar-refractivity contribution in [2.24, 2.45) is 0 Å². The van der Waals surface area contributed by atoms with Crippen LogP contribution in [0.2, 0.25) is 0 Å². The molecule has 2 nitrogen and oxygen atoms in total. The van der Waals surface area contributed by atoms with E-state index >= 15 is 0 Å². The Morgan fingerprint density at radius 2 is 1.15 bits per heavy atom. The van der Waals surface area contributed by atoms with Crippen molar-refractivity contribution in [2.75, 3.05) is 0 Å². The predicted octanol–water partition coefficient (Wildman–Crippen LogP) is 5.68. The van der Waals surface area contributed by atoms with Gasteiger partial charge in [-0.1, -0.05) is 60.7 Å². The highest BCUT2D eigenvalue weighted by atomic mass is 16.5. The summed E-state index contributed by atoms with van der Waals surface area (Å²) >= 11 is 0. The van der Waals surface area contributed by atoms with Crippen LogP contribution in [0.15, 0.2) is 78.9 Å². The minimum Gasteiger partial charge on any atom is -0.490 e. The monoisotopic (exact) mass is 355 g/mol. The maximum absolute atomic E-state index is 6.52. The molecule has 136 valence electrons. The van der Waals surface area contributed by atoms with Crippen LogP contribution in [0.5, 0.6) is 5.75 Å². The molecule has 2 bridgehead atoms. The number of piperidine rings is 1. The molecule has 2 aliphatic rings. The first-order valence-electron chi connectivity index (χ1n) is 10.0. The fourth-order valence-corrected chi connectivity index (χ4v) is 4.56. The molecule has 3 aromatic rings. The molecule has 0 aromatic heterocycles. The van der Waals surface area contributed by atoms with Gasteiger partial charge in [0.2, 0.25) is 0 Å². The van der Waals surface area contributed by atoms with Gasteiger partial charge in [0.1, 0.15) is 11.9 Å². The fraction of sp³-hybridized carbons (Fsp3) is 0.280. The summed E-state index contributed by atoms with van der Waals surface area (Å²) in [6, 6.07) is 29.1. The molecule has 2 aliphatic heterocycles. The first-order valence-corrected chi connectivity index (χ1v) is 10.0. The number of nitrogens with one attached hydrogen (secondary N) is 1. The van der Waals surface area contributed by atoms with Gasteiger partial charge in [0, 0.05) is 12.1 Å². The second-order valence-electron chi connectivity index (χ2n) is 7.83. The van der Waals surface area contributed by atoms with Crippen molar-refractivity contribution in [2.45, 2.75) is 43.9 Å². The summed E-state index contributed by atoms with van der Waals surface area (Å²) in [5.41, 5.74) is 4.88. The highest BCUT2D eigenvalue weighted by Crippen LogP contribution is 2.34. The first-order chi connectivity index (χ1) is 13.3. The lowest BCUT2D eigenvalue weighted by Crippen LogP contribution is -2.42. The lowest BCUT2D eigenvalue weighted by molar-refractivity contribution is 0.137. The Labute approximate surface area is 161 Å². The second kappa shape index (κ2) is 7.21. The van der Waals surface area contributed by atoms with Gasteiger partial charge in [0.15, 0.2) is 0 Å². The van der Waals surface area contributed by atoms with Crippen LogP contribution in [0.25, 0.3) is 22.3 Å². The maximum atomic E-state index is 6.52. The van der Waals surface area contributed by atoms with Gasteiger partial charge in [0.05, 0.1) is 0 Å². The highest BCUT2D eigenvalue weighted by Gasteiger charge is 2.34. The molecule has 0 radical (unpaired) electrons. The molecule has 0 aliphatic carbocycles. The standard InChI is InChI=1S/C25H25NO/c1-3-7-18(8-4-1)20-13-21(19-9-5-2-6-10-19)15-24(14-20)27-25-16-22-11-12-23(17-25)26-22/h1-10,13-15,22-23,25-26H,11-12,16-17H2. The van der Waals surface area contributed by atoms with Crippen LogP contribution < -0.4 is 10.1 Å². The van der Waals surface area contributed by atoms with Crippen LogP contribution in [0.3, 0.4) is 0 Å². The van der Waals surface area contributed by atoms with E-state index in [0.717, 1.165) is 18.6 Å². The molecule has 2 heteroatoms. The SMILES string of the molecule is c1ccc(-c2cc(OC3CC4CCC(C3)N4)cc(-c3ccccc3)c2)cc1. The normalized spacial score (nSPS) is 23.9. The Morgan fingerprint density at radius 3 is 1.67 bits per heavy atom. The van der Waals surface area contributed by atoms with E-state index in [0.29, 0.717) is 18.2 Å². The zero-order chi connectivity index (χ0) is 18.1. The van der Waals surface area contributed by atoms with Crippen LogP contribution in [0.1, 0.15) is 25.7 Å². The molecule has 3 aromatic carbocycles. The average Bonchev–Trinajstić information content (AvgIpc) is 3.07. The quantitative estimate of drug-likeness (QED) is 0.650. The average molecular weight is 355 g/mol. The Hall–Kier alpha value is -2.58. The van der Waals surface area contributed by atoms with Gasteiger partial charge < -0.3 is 10.1 Å². The topological polar surface area (TPSA) is 21.3 Å². The van der Waals surface area contributed by atoms with Gasteiger partial charge in [-0.25, -0.2) is 0 Å². The van der Waals surface area contributed by atoms with Gasteiger partial charge in [-0.05, 0) is 66.1 Å². The smallest absolute Gasteiger partial charge is 0.120 e. The number of fused-ring (bicyclic) bond motifs is 2. The van der Waals surface area contributed by atoms with Crippen molar-refractivity contribution in [3.05, 3.63) is 78.9 Å². The zero-order valence-electron chi connectivity index (χ0n) is 15.5. The van der Waals surface area contributed by atoms with E-state index in [1.807, 2.05) is 0 Å². The molecule has 2 atom stereocenters. The Balaban J connectivity index is 1.50. The molecular weight excluding hydrogens is 330 g/mol. The van der Waals surface area contributed by atoms with Crippen LogP contribution in [0, 0.1) is 0 Å². The summed E-state index contributed by atoms with van der Waals surface area (Å²) in [6.07, 6.45) is 5.14. The lowest BCUT2D eigenvalue weighted by atomic mass is 9.98. The van der Waals surface area contributed by atoms with Gasteiger partial charge in [-0.2, -0.15) is 0 Å². The number of rotatable bonds is 4. The molecule has 0 saturated carbocycles. The third-order valence-electron chi connectivity index (χ3n) is 5.85. The summed E-state index contributed by atoms with van der Waals surface area (Å²) in [4.78, 5) is 0. The van der Waals surface area contributed by atoms with Gasteiger partial charge in [-0.3, -0.25) is 0 Å². The molecule has 2 saturated heterocycles. The molecule has 5 rings (SSSR count). The highest BCUT2D eigenvalue weighted by molar-refractivity contribution is 5.75. The largest absolute Gasteiger partial charge is 0.490 e. The molecule has 0 spiro atoms. The number of hydrogen-bond donors (Lipinski definition) is 1. The number of benzene rings is 3. The summed E-state index contributed by atoms with van der Waals surface area (Å²) in [5.74, 6) is 0.988. The molecule has 0 amide bonds. The van der Waals surface area contributed by atoms with Crippen molar-refractivity contribution in [3.63, 3.8) is 0 Å². The second-order valence-corrected chi connectivity index (χ2v) is 7.83. The molecule has 2 unspecified atom stereocenters. The first kappa shape index (κ1) is 16.6. The van der Waals surface area contributed by atoms with Crippen molar-refractivity contribution in [3.8, 4) is 28.0 Å². The molecule has 27 heavy (non-hydrogen) atoms. The van der Waals surface area contributed by atoms with Crippen LogP contribution in [-0.2, 0) is 0 Å². The summed E-state index contributed by atoms with van der Waals surface area (Å²) in [7, 11) is 0. The minimum absolute atomic E-state index is 0.318. The molecule has 2 fully saturated rings. The predicted molar refractivity (Wildman–Crippen MR) is 111 cm³/mol. The van der Waals surface area contributed by atoms with E-state index < -0.39 is 0 Å². The minimum atomic E-state index is 0.318. The summed E-state index contributed by atoms with van der Waals surface area (Å²) < 4.78 is 6.52. The Bertz CT molecular complexity index is 836. The summed E-state index contributed by atoms with van der Waals surface area (Å²) in [5, 5.41) is 3.70. The van der Waals surface area contributed by atoms with Crippen molar-refractivity contribution < 1.29 is 4.74 Å². The van der Waals surface area contributed by atoms with Gasteiger partial charge in [0.25, 0.3) is 0 Å². The molecular formula is C25H25NO. The van der Waals surface area contributed by atoms with E-state index in [1.165, 1.54) is 35.1 Å². The van der Waals surface area contributed by atoms with Crippen LogP contribution >= 0.6 is 0 Å². The zero-order valence-corrected chi connectivity index (χ0v) is 15.5. The van der Waals surface area contributed by atoms with Gasteiger partial charge in [-0.15, -0.1) is 0 Å². The number of hydrogen-bond acceptors (Lipinski definition) is 2. The van der Waals surface area contributed by atoms with E-state index in [4.69, 9.17) is 4.74 Å².